The summed E-state index contributed by atoms with van der Waals surface area (Å²) in [6.07, 6.45) is 5.60. The van der Waals surface area contributed by atoms with Crippen molar-refractivity contribution in [3.05, 3.63) is 42.1 Å². The average molecular weight is 324 g/mol. The molecule has 1 aliphatic rings. The Hall–Kier alpha value is -1.94. The van der Waals surface area contributed by atoms with Gasteiger partial charge in [-0.1, -0.05) is 30.3 Å². The minimum atomic E-state index is 0.624. The molecule has 0 bridgehead atoms. The number of rotatable bonds is 5. The van der Waals surface area contributed by atoms with Gasteiger partial charge in [-0.2, -0.15) is 0 Å². The minimum Gasteiger partial charge on any atom is -0.354 e. The number of aryl methyl sites for hydroxylation is 1. The number of nitrogens with zero attached hydrogens (tertiary/aromatic N) is 2. The lowest BCUT2D eigenvalue weighted by Gasteiger charge is -2.33. The van der Waals surface area contributed by atoms with E-state index in [0.717, 1.165) is 35.2 Å². The summed E-state index contributed by atoms with van der Waals surface area (Å²) >= 11 is 0. The first kappa shape index (κ1) is 16.9. The first-order valence-electron chi connectivity index (χ1n) is 9.01. The minimum absolute atomic E-state index is 0.624. The molecule has 128 valence electrons. The summed E-state index contributed by atoms with van der Waals surface area (Å²) in [5, 5.41) is 7.02. The van der Waals surface area contributed by atoms with Crippen molar-refractivity contribution in [1.29, 1.82) is 0 Å². The predicted octanol–water partition coefficient (Wildman–Crippen LogP) is 4.03. The van der Waals surface area contributed by atoms with Gasteiger partial charge in [0.1, 0.15) is 0 Å². The Balaban J connectivity index is 1.60. The predicted molar refractivity (Wildman–Crippen MR) is 100 cm³/mol. The van der Waals surface area contributed by atoms with Crippen LogP contribution in [0.3, 0.4) is 0 Å². The monoisotopic (exact) mass is 324 g/mol. The molecule has 1 aromatic heterocycles. The molecule has 2 N–H and O–H groups in total. The molecule has 1 fully saturated rings. The smallest absolute Gasteiger partial charge is 0.223 e. The molecule has 24 heavy (non-hydrogen) atoms. The van der Waals surface area contributed by atoms with Crippen LogP contribution in [0.2, 0.25) is 0 Å². The van der Waals surface area contributed by atoms with Crippen LogP contribution in [0.4, 0.5) is 5.95 Å². The van der Waals surface area contributed by atoms with Crippen LogP contribution >= 0.6 is 0 Å². The third-order valence-electron chi connectivity index (χ3n) is 4.80. The van der Waals surface area contributed by atoms with E-state index in [1.54, 1.807) is 0 Å². The van der Waals surface area contributed by atoms with Gasteiger partial charge in [0.2, 0.25) is 5.95 Å². The van der Waals surface area contributed by atoms with Gasteiger partial charge in [-0.05, 0) is 51.5 Å². The van der Waals surface area contributed by atoms with Gasteiger partial charge in [-0.3, -0.25) is 0 Å². The summed E-state index contributed by atoms with van der Waals surface area (Å²) in [6, 6.07) is 11.6. The molecular formula is C20H28N4. The Morgan fingerprint density at radius 1 is 1.12 bits per heavy atom. The molecule has 2 atom stereocenters. The van der Waals surface area contributed by atoms with Crippen molar-refractivity contribution < 1.29 is 0 Å². The maximum absolute atomic E-state index is 4.72. The van der Waals surface area contributed by atoms with Crippen LogP contribution in [0.25, 0.3) is 11.3 Å². The number of nitrogens with one attached hydrogen (secondary N) is 2. The van der Waals surface area contributed by atoms with E-state index in [0.29, 0.717) is 12.1 Å². The topological polar surface area (TPSA) is 49.8 Å². The third kappa shape index (κ3) is 4.32. The van der Waals surface area contributed by atoms with Crippen LogP contribution in [-0.4, -0.2) is 28.6 Å². The first-order valence-corrected chi connectivity index (χ1v) is 9.01. The van der Waals surface area contributed by atoms with Gasteiger partial charge in [0.05, 0.1) is 5.69 Å². The Bertz CT molecular complexity index is 646. The zero-order valence-corrected chi connectivity index (χ0v) is 14.9. The second-order valence-electron chi connectivity index (χ2n) is 7.11. The van der Waals surface area contributed by atoms with Gasteiger partial charge < -0.3 is 10.6 Å². The van der Waals surface area contributed by atoms with Crippen LogP contribution in [0.1, 0.15) is 38.7 Å². The van der Waals surface area contributed by atoms with Gasteiger partial charge in [0.25, 0.3) is 0 Å². The fourth-order valence-corrected chi connectivity index (χ4v) is 3.76. The van der Waals surface area contributed by atoms with E-state index in [1.165, 1.54) is 19.3 Å². The summed E-state index contributed by atoms with van der Waals surface area (Å²) in [5.74, 6) is 1.51. The highest BCUT2D eigenvalue weighted by Gasteiger charge is 2.22. The van der Waals surface area contributed by atoms with E-state index < -0.39 is 0 Å². The van der Waals surface area contributed by atoms with Crippen LogP contribution in [-0.2, 0) is 0 Å². The van der Waals surface area contributed by atoms with Crippen molar-refractivity contribution in [1.82, 2.24) is 15.3 Å². The quantitative estimate of drug-likeness (QED) is 0.872. The van der Waals surface area contributed by atoms with Gasteiger partial charge in [-0.25, -0.2) is 9.97 Å². The number of hydrogen-bond donors (Lipinski definition) is 2. The number of benzene rings is 1. The van der Waals surface area contributed by atoms with Gasteiger partial charge in [0.15, 0.2) is 0 Å². The lowest BCUT2D eigenvalue weighted by atomic mass is 9.87. The number of aromatic nitrogens is 2. The molecule has 1 aromatic carbocycles. The molecule has 4 heteroatoms. The second-order valence-corrected chi connectivity index (χ2v) is 7.11. The zero-order chi connectivity index (χ0) is 16.9. The molecule has 2 unspecified atom stereocenters. The maximum Gasteiger partial charge on any atom is 0.223 e. The Morgan fingerprint density at radius 2 is 1.83 bits per heavy atom. The lowest BCUT2D eigenvalue weighted by molar-refractivity contribution is 0.255. The van der Waals surface area contributed by atoms with Crippen molar-refractivity contribution >= 4 is 5.95 Å². The SMILES string of the molecule is Cc1cnc(NCCC2CC(C)NC(C)C2)nc1-c1ccccc1. The summed E-state index contributed by atoms with van der Waals surface area (Å²) in [6.45, 7) is 7.56. The van der Waals surface area contributed by atoms with E-state index in [4.69, 9.17) is 4.98 Å². The Labute approximate surface area is 145 Å². The van der Waals surface area contributed by atoms with E-state index >= 15 is 0 Å². The lowest BCUT2D eigenvalue weighted by Crippen LogP contribution is -2.42. The fraction of sp³-hybridized carbons (Fsp3) is 0.500. The summed E-state index contributed by atoms with van der Waals surface area (Å²) in [5.41, 5.74) is 3.26. The molecule has 0 radical (unpaired) electrons. The van der Waals surface area contributed by atoms with E-state index in [1.807, 2.05) is 24.4 Å². The third-order valence-corrected chi connectivity index (χ3v) is 4.80. The number of hydrogen-bond acceptors (Lipinski definition) is 4. The molecule has 1 saturated heterocycles. The van der Waals surface area contributed by atoms with Crippen LogP contribution < -0.4 is 10.6 Å². The standard InChI is InChI=1S/C20H28N4/c1-14-13-22-20(24-19(14)18-7-5-4-6-8-18)21-10-9-17-11-15(2)23-16(3)12-17/h4-8,13,15-17,23H,9-12H2,1-3H3,(H,21,22,24). The van der Waals surface area contributed by atoms with Crippen molar-refractivity contribution in [2.24, 2.45) is 5.92 Å². The van der Waals surface area contributed by atoms with Crippen LogP contribution in [0.5, 0.6) is 0 Å². The molecule has 3 rings (SSSR count). The highest BCUT2D eigenvalue weighted by molar-refractivity contribution is 5.63. The van der Waals surface area contributed by atoms with E-state index in [9.17, 15) is 0 Å². The number of anilines is 1. The van der Waals surface area contributed by atoms with Crippen molar-refractivity contribution in [2.45, 2.75) is 52.1 Å². The summed E-state index contributed by atoms with van der Waals surface area (Å²) in [4.78, 5) is 9.16. The molecule has 0 saturated carbocycles. The van der Waals surface area contributed by atoms with E-state index in [-0.39, 0.29) is 0 Å². The Morgan fingerprint density at radius 3 is 2.54 bits per heavy atom. The van der Waals surface area contributed by atoms with Crippen LogP contribution in [0, 0.1) is 12.8 Å². The van der Waals surface area contributed by atoms with Gasteiger partial charge in [0, 0.05) is 30.4 Å². The normalized spacial score (nSPS) is 23.9. The second kappa shape index (κ2) is 7.75. The number of piperidine rings is 1. The van der Waals surface area contributed by atoms with Gasteiger partial charge >= 0.3 is 0 Å². The Kier molecular flexibility index (Phi) is 5.46. The molecule has 0 aliphatic carbocycles. The molecule has 2 heterocycles. The zero-order valence-electron chi connectivity index (χ0n) is 14.9. The largest absolute Gasteiger partial charge is 0.354 e. The molecule has 2 aromatic rings. The molecule has 4 nitrogen and oxygen atoms in total. The van der Waals surface area contributed by atoms with Gasteiger partial charge in [-0.15, -0.1) is 0 Å². The molecular weight excluding hydrogens is 296 g/mol. The van der Waals surface area contributed by atoms with E-state index in [2.05, 4.69) is 48.5 Å². The van der Waals surface area contributed by atoms with Crippen molar-refractivity contribution in [3.63, 3.8) is 0 Å². The molecule has 0 spiro atoms. The van der Waals surface area contributed by atoms with Crippen molar-refractivity contribution in [3.8, 4) is 11.3 Å². The van der Waals surface area contributed by atoms with Crippen LogP contribution in [0.15, 0.2) is 36.5 Å². The molecule has 1 aliphatic heterocycles. The summed E-state index contributed by atoms with van der Waals surface area (Å²) < 4.78 is 0. The fourth-order valence-electron chi connectivity index (χ4n) is 3.76. The highest BCUT2D eigenvalue weighted by atomic mass is 15.1. The highest BCUT2D eigenvalue weighted by Crippen LogP contribution is 2.24. The first-order chi connectivity index (χ1) is 11.6. The molecule has 0 amide bonds. The summed E-state index contributed by atoms with van der Waals surface area (Å²) in [7, 11) is 0. The van der Waals surface area contributed by atoms with Crippen molar-refractivity contribution in [2.75, 3.05) is 11.9 Å². The average Bonchev–Trinajstić information content (AvgIpc) is 2.56. The maximum atomic E-state index is 4.72.